The van der Waals surface area contributed by atoms with Gasteiger partial charge in [-0.1, -0.05) is 0 Å². The van der Waals surface area contributed by atoms with Crippen molar-refractivity contribution in [2.75, 3.05) is 12.4 Å². The van der Waals surface area contributed by atoms with Crippen molar-refractivity contribution >= 4 is 27.4 Å². The second kappa shape index (κ2) is 4.34. The largest absolute Gasteiger partial charge is 0.373 e. The summed E-state index contributed by atoms with van der Waals surface area (Å²) in [7, 11) is 1.85. The van der Waals surface area contributed by atoms with Crippen LogP contribution in [-0.2, 0) is 0 Å². The van der Waals surface area contributed by atoms with Gasteiger partial charge in [0.25, 0.3) is 0 Å². The zero-order valence-electron chi connectivity index (χ0n) is 10.1. The molecular weight excluding hydrogens is 244 g/mol. The lowest BCUT2D eigenvalue weighted by atomic mass is 10.2. The van der Waals surface area contributed by atoms with Crippen molar-refractivity contribution in [1.82, 2.24) is 15.0 Å². The van der Waals surface area contributed by atoms with E-state index in [1.165, 1.54) is 4.70 Å². The predicted molar refractivity (Wildman–Crippen MR) is 74.9 cm³/mol. The van der Waals surface area contributed by atoms with Gasteiger partial charge in [-0.15, -0.1) is 11.3 Å². The Morgan fingerprint density at radius 1 is 1.17 bits per heavy atom. The lowest BCUT2D eigenvalue weighted by Crippen LogP contribution is -1.95. The van der Waals surface area contributed by atoms with Crippen LogP contribution in [0.15, 0.2) is 30.5 Å². The Bertz CT molecular complexity index is 705. The van der Waals surface area contributed by atoms with Gasteiger partial charge in [-0.2, -0.15) is 0 Å². The maximum absolute atomic E-state index is 4.49. The fourth-order valence-corrected chi connectivity index (χ4v) is 2.63. The fraction of sp³-hybridized carbons (Fsp3) is 0.154. The Morgan fingerprint density at radius 3 is 2.89 bits per heavy atom. The standard InChI is InChI=1S/C13H12N4S/c1-8-16-10-7-9(3-4-11(10)18-8)13-15-6-5-12(14-2)17-13/h3-7H,1-2H3,(H,14,15,17). The molecule has 18 heavy (non-hydrogen) atoms. The molecule has 2 heterocycles. The summed E-state index contributed by atoms with van der Waals surface area (Å²) in [6.45, 7) is 2.02. The van der Waals surface area contributed by atoms with Crippen LogP contribution in [0.2, 0.25) is 0 Å². The number of benzene rings is 1. The Kier molecular flexibility index (Phi) is 2.68. The summed E-state index contributed by atoms with van der Waals surface area (Å²) in [6, 6.07) is 7.99. The molecule has 1 N–H and O–H groups in total. The summed E-state index contributed by atoms with van der Waals surface area (Å²) in [5.74, 6) is 1.53. The lowest BCUT2D eigenvalue weighted by Gasteiger charge is -2.02. The molecule has 0 amide bonds. The molecule has 4 nitrogen and oxygen atoms in total. The maximum Gasteiger partial charge on any atom is 0.161 e. The smallest absolute Gasteiger partial charge is 0.161 e. The van der Waals surface area contributed by atoms with E-state index in [0.717, 1.165) is 27.7 Å². The molecule has 0 aliphatic carbocycles. The zero-order valence-corrected chi connectivity index (χ0v) is 11.0. The number of aromatic nitrogens is 3. The van der Waals surface area contributed by atoms with Crippen molar-refractivity contribution in [2.45, 2.75) is 6.92 Å². The number of nitrogens with one attached hydrogen (secondary N) is 1. The Labute approximate surface area is 109 Å². The van der Waals surface area contributed by atoms with E-state index < -0.39 is 0 Å². The first-order valence-electron chi connectivity index (χ1n) is 5.64. The molecule has 0 fully saturated rings. The normalized spacial score (nSPS) is 10.8. The van der Waals surface area contributed by atoms with E-state index in [-0.39, 0.29) is 0 Å². The molecule has 5 heteroatoms. The van der Waals surface area contributed by atoms with Gasteiger partial charge in [0.15, 0.2) is 5.82 Å². The highest BCUT2D eigenvalue weighted by molar-refractivity contribution is 7.18. The molecule has 0 radical (unpaired) electrons. The molecule has 0 saturated heterocycles. The van der Waals surface area contributed by atoms with Crippen molar-refractivity contribution in [3.05, 3.63) is 35.5 Å². The predicted octanol–water partition coefficient (Wildman–Crippen LogP) is 3.10. The van der Waals surface area contributed by atoms with Gasteiger partial charge in [0, 0.05) is 18.8 Å². The molecule has 0 spiro atoms. The number of fused-ring (bicyclic) bond motifs is 1. The number of aryl methyl sites for hydroxylation is 1. The summed E-state index contributed by atoms with van der Waals surface area (Å²) in [5.41, 5.74) is 2.00. The van der Waals surface area contributed by atoms with Crippen LogP contribution in [0.25, 0.3) is 21.6 Å². The number of rotatable bonds is 2. The molecule has 0 atom stereocenters. The van der Waals surface area contributed by atoms with E-state index in [1.807, 2.05) is 32.2 Å². The first kappa shape index (κ1) is 11.1. The quantitative estimate of drug-likeness (QED) is 0.765. The van der Waals surface area contributed by atoms with E-state index in [0.29, 0.717) is 0 Å². The minimum absolute atomic E-state index is 0.717. The second-order valence-electron chi connectivity index (χ2n) is 3.93. The number of anilines is 1. The first-order valence-corrected chi connectivity index (χ1v) is 6.46. The third-order valence-corrected chi connectivity index (χ3v) is 3.62. The molecule has 0 unspecified atom stereocenters. The monoisotopic (exact) mass is 256 g/mol. The van der Waals surface area contributed by atoms with Crippen molar-refractivity contribution in [3.63, 3.8) is 0 Å². The Morgan fingerprint density at radius 2 is 2.06 bits per heavy atom. The van der Waals surface area contributed by atoms with E-state index in [2.05, 4.69) is 26.3 Å². The highest BCUT2D eigenvalue weighted by Crippen LogP contribution is 2.26. The molecule has 2 aromatic heterocycles. The average Bonchev–Trinajstić information content (AvgIpc) is 2.77. The van der Waals surface area contributed by atoms with Crippen LogP contribution >= 0.6 is 11.3 Å². The maximum atomic E-state index is 4.49. The molecule has 0 aliphatic rings. The van der Waals surface area contributed by atoms with Crippen LogP contribution in [-0.4, -0.2) is 22.0 Å². The first-order chi connectivity index (χ1) is 8.76. The summed E-state index contributed by atoms with van der Waals surface area (Å²) in [6.07, 6.45) is 1.75. The van der Waals surface area contributed by atoms with Crippen molar-refractivity contribution in [2.24, 2.45) is 0 Å². The molecule has 3 rings (SSSR count). The van der Waals surface area contributed by atoms with Crippen LogP contribution in [0, 0.1) is 6.92 Å². The lowest BCUT2D eigenvalue weighted by molar-refractivity contribution is 1.17. The number of hydrogen-bond donors (Lipinski definition) is 1. The van der Waals surface area contributed by atoms with Gasteiger partial charge in [-0.05, 0) is 31.2 Å². The van der Waals surface area contributed by atoms with E-state index in [9.17, 15) is 0 Å². The average molecular weight is 256 g/mol. The van der Waals surface area contributed by atoms with Crippen LogP contribution < -0.4 is 5.32 Å². The van der Waals surface area contributed by atoms with Gasteiger partial charge in [0.1, 0.15) is 5.82 Å². The van der Waals surface area contributed by atoms with Crippen molar-refractivity contribution in [1.29, 1.82) is 0 Å². The van der Waals surface area contributed by atoms with Gasteiger partial charge in [-0.3, -0.25) is 0 Å². The van der Waals surface area contributed by atoms with Gasteiger partial charge >= 0.3 is 0 Å². The Hall–Kier alpha value is -2.01. The van der Waals surface area contributed by atoms with Crippen LogP contribution in [0.5, 0.6) is 0 Å². The summed E-state index contributed by atoms with van der Waals surface area (Å²) >= 11 is 1.70. The van der Waals surface area contributed by atoms with E-state index in [4.69, 9.17) is 0 Å². The summed E-state index contributed by atoms with van der Waals surface area (Å²) < 4.78 is 1.20. The topological polar surface area (TPSA) is 50.7 Å². The van der Waals surface area contributed by atoms with Gasteiger partial charge in [0.05, 0.1) is 15.2 Å². The zero-order chi connectivity index (χ0) is 12.5. The molecule has 0 bridgehead atoms. The van der Waals surface area contributed by atoms with Crippen molar-refractivity contribution in [3.8, 4) is 11.4 Å². The third-order valence-electron chi connectivity index (χ3n) is 2.66. The SMILES string of the molecule is CNc1ccnc(-c2ccc3sc(C)nc3c2)n1. The fourth-order valence-electron chi connectivity index (χ4n) is 1.82. The van der Waals surface area contributed by atoms with Crippen molar-refractivity contribution < 1.29 is 0 Å². The molecular formula is C13H12N4S. The minimum atomic E-state index is 0.717. The highest BCUT2D eigenvalue weighted by atomic mass is 32.1. The highest BCUT2D eigenvalue weighted by Gasteiger charge is 2.06. The van der Waals surface area contributed by atoms with Gasteiger partial charge in [-0.25, -0.2) is 15.0 Å². The minimum Gasteiger partial charge on any atom is -0.373 e. The van der Waals surface area contributed by atoms with Gasteiger partial charge in [0.2, 0.25) is 0 Å². The number of hydrogen-bond acceptors (Lipinski definition) is 5. The summed E-state index contributed by atoms with van der Waals surface area (Å²) in [4.78, 5) is 13.2. The second-order valence-corrected chi connectivity index (χ2v) is 5.17. The summed E-state index contributed by atoms with van der Waals surface area (Å²) in [5, 5.41) is 4.09. The molecule has 0 aliphatic heterocycles. The van der Waals surface area contributed by atoms with E-state index >= 15 is 0 Å². The number of nitrogens with zero attached hydrogens (tertiary/aromatic N) is 3. The van der Waals surface area contributed by atoms with Crippen LogP contribution in [0.1, 0.15) is 5.01 Å². The van der Waals surface area contributed by atoms with Crippen LogP contribution in [0.3, 0.4) is 0 Å². The molecule has 1 aromatic carbocycles. The molecule has 3 aromatic rings. The van der Waals surface area contributed by atoms with Crippen LogP contribution in [0.4, 0.5) is 5.82 Å². The number of thiazole rings is 1. The third kappa shape index (κ3) is 1.93. The Balaban J connectivity index is 2.12. The molecule has 0 saturated carbocycles. The van der Waals surface area contributed by atoms with Gasteiger partial charge < -0.3 is 5.32 Å². The van der Waals surface area contributed by atoms with E-state index in [1.54, 1.807) is 17.5 Å². The molecule has 90 valence electrons.